The summed E-state index contributed by atoms with van der Waals surface area (Å²) in [6.45, 7) is -0.172. The van der Waals surface area contributed by atoms with Crippen LogP contribution < -0.4 is 4.74 Å². The lowest BCUT2D eigenvalue weighted by Crippen LogP contribution is -2.02. The fourth-order valence-corrected chi connectivity index (χ4v) is 2.03. The van der Waals surface area contributed by atoms with Gasteiger partial charge in [-0.15, -0.1) is 0 Å². The van der Waals surface area contributed by atoms with E-state index in [1.807, 2.05) is 0 Å². The average Bonchev–Trinajstić information content (AvgIpc) is 2.39. The summed E-state index contributed by atoms with van der Waals surface area (Å²) in [5, 5.41) is 11.4. The van der Waals surface area contributed by atoms with Gasteiger partial charge in [-0.05, 0) is 18.2 Å². The van der Waals surface area contributed by atoms with Crippen LogP contribution in [0.4, 0.5) is 10.1 Å². The first kappa shape index (κ1) is 14.6. The summed E-state index contributed by atoms with van der Waals surface area (Å²) >= 11 is 11.6. The van der Waals surface area contributed by atoms with Crippen molar-refractivity contribution in [2.24, 2.45) is 0 Å². The van der Waals surface area contributed by atoms with Crippen molar-refractivity contribution >= 4 is 28.9 Å². The summed E-state index contributed by atoms with van der Waals surface area (Å²) < 4.78 is 19.2. The van der Waals surface area contributed by atoms with Gasteiger partial charge in [0.2, 0.25) is 5.82 Å². The fraction of sp³-hybridized carbons (Fsp3) is 0.0769. The normalized spacial score (nSPS) is 10.3. The minimum Gasteiger partial charge on any atom is -0.487 e. The lowest BCUT2D eigenvalue weighted by Gasteiger charge is -2.09. The highest BCUT2D eigenvalue weighted by Crippen LogP contribution is 2.29. The molecule has 20 heavy (non-hydrogen) atoms. The van der Waals surface area contributed by atoms with E-state index >= 15 is 0 Å². The Kier molecular flexibility index (Phi) is 4.42. The molecule has 0 N–H and O–H groups in total. The van der Waals surface area contributed by atoms with Gasteiger partial charge in [0.1, 0.15) is 12.4 Å². The quantitative estimate of drug-likeness (QED) is 0.611. The second-order valence-corrected chi connectivity index (χ2v) is 4.71. The molecule has 0 unspecified atom stereocenters. The highest BCUT2D eigenvalue weighted by molar-refractivity contribution is 6.35. The number of nitrogens with zero attached hydrogens (tertiary/aromatic N) is 1. The molecule has 7 heteroatoms. The van der Waals surface area contributed by atoms with Crippen molar-refractivity contribution in [3.8, 4) is 5.75 Å². The lowest BCUT2D eigenvalue weighted by molar-refractivity contribution is -0.387. The third-order valence-electron chi connectivity index (χ3n) is 2.53. The van der Waals surface area contributed by atoms with Crippen molar-refractivity contribution in [3.63, 3.8) is 0 Å². The molecule has 0 heterocycles. The van der Waals surface area contributed by atoms with Crippen LogP contribution >= 0.6 is 23.2 Å². The zero-order chi connectivity index (χ0) is 14.7. The van der Waals surface area contributed by atoms with Crippen molar-refractivity contribution in [1.29, 1.82) is 0 Å². The average molecular weight is 316 g/mol. The molecule has 0 amide bonds. The molecule has 0 bridgehead atoms. The van der Waals surface area contributed by atoms with E-state index in [2.05, 4.69) is 0 Å². The van der Waals surface area contributed by atoms with Gasteiger partial charge in [-0.1, -0.05) is 35.3 Å². The fourth-order valence-electron chi connectivity index (χ4n) is 1.57. The molecule has 0 fully saturated rings. The molecule has 104 valence electrons. The summed E-state index contributed by atoms with van der Waals surface area (Å²) in [6, 6.07) is 8.50. The monoisotopic (exact) mass is 315 g/mol. The summed E-state index contributed by atoms with van der Waals surface area (Å²) in [4.78, 5) is 9.85. The number of hydrogen-bond acceptors (Lipinski definition) is 3. The number of hydrogen-bond donors (Lipinski definition) is 0. The van der Waals surface area contributed by atoms with E-state index in [1.165, 1.54) is 18.2 Å². The topological polar surface area (TPSA) is 52.4 Å². The van der Waals surface area contributed by atoms with Crippen LogP contribution in [0.2, 0.25) is 10.0 Å². The number of nitro groups is 1. The van der Waals surface area contributed by atoms with Crippen LogP contribution in [0, 0.1) is 15.9 Å². The van der Waals surface area contributed by atoms with E-state index in [0.717, 1.165) is 6.07 Å². The largest absolute Gasteiger partial charge is 0.487 e. The van der Waals surface area contributed by atoms with Crippen molar-refractivity contribution in [1.82, 2.24) is 0 Å². The second kappa shape index (κ2) is 6.07. The predicted molar refractivity (Wildman–Crippen MR) is 73.8 cm³/mol. The number of nitro benzene ring substituents is 1. The molecule has 0 saturated heterocycles. The van der Waals surface area contributed by atoms with Crippen LogP contribution in [-0.4, -0.2) is 4.92 Å². The smallest absolute Gasteiger partial charge is 0.305 e. The molecule has 0 radical (unpaired) electrons. The summed E-state index contributed by atoms with van der Waals surface area (Å²) in [5.74, 6) is -0.593. The Bertz CT molecular complexity index is 664. The van der Waals surface area contributed by atoms with Gasteiger partial charge in [0.15, 0.2) is 0 Å². The Morgan fingerprint density at radius 3 is 2.65 bits per heavy atom. The molecular weight excluding hydrogens is 308 g/mol. The maximum Gasteiger partial charge on any atom is 0.305 e. The minimum absolute atomic E-state index is 0.0743. The number of rotatable bonds is 4. The lowest BCUT2D eigenvalue weighted by atomic mass is 10.2. The third-order valence-corrected chi connectivity index (χ3v) is 3.06. The van der Waals surface area contributed by atoms with Crippen LogP contribution in [-0.2, 0) is 6.61 Å². The molecule has 0 aliphatic carbocycles. The van der Waals surface area contributed by atoms with E-state index in [1.54, 1.807) is 12.1 Å². The summed E-state index contributed by atoms with van der Waals surface area (Å²) in [6.07, 6.45) is 0. The van der Waals surface area contributed by atoms with E-state index in [0.29, 0.717) is 10.8 Å². The van der Waals surface area contributed by atoms with Gasteiger partial charge >= 0.3 is 5.69 Å². The first-order chi connectivity index (χ1) is 9.49. The molecule has 4 nitrogen and oxygen atoms in total. The molecule has 0 saturated carbocycles. The molecule has 0 spiro atoms. The SMILES string of the molecule is O=[N+]([O-])c1cccc(COc2ccc(Cl)cc2Cl)c1F. The van der Waals surface area contributed by atoms with Gasteiger partial charge in [0, 0.05) is 16.7 Å². The maximum absolute atomic E-state index is 13.8. The summed E-state index contributed by atoms with van der Waals surface area (Å²) in [7, 11) is 0. The molecule has 0 aliphatic heterocycles. The molecule has 2 rings (SSSR count). The van der Waals surface area contributed by atoms with Gasteiger partial charge < -0.3 is 4.74 Å². The van der Waals surface area contributed by atoms with Crippen molar-refractivity contribution in [3.05, 3.63) is 67.9 Å². The Balaban J connectivity index is 2.19. The summed E-state index contributed by atoms with van der Waals surface area (Å²) in [5.41, 5.74) is -0.515. The number of benzene rings is 2. The second-order valence-electron chi connectivity index (χ2n) is 3.87. The molecule has 2 aromatic rings. The third kappa shape index (κ3) is 3.18. The first-order valence-corrected chi connectivity index (χ1v) is 6.24. The number of ether oxygens (including phenoxy) is 1. The van der Waals surface area contributed by atoms with E-state index in [4.69, 9.17) is 27.9 Å². The predicted octanol–water partition coefficient (Wildman–Crippen LogP) is 4.62. The zero-order valence-corrected chi connectivity index (χ0v) is 11.5. The van der Waals surface area contributed by atoms with Crippen LogP contribution in [0.1, 0.15) is 5.56 Å². The van der Waals surface area contributed by atoms with Crippen molar-refractivity contribution in [2.75, 3.05) is 0 Å². The Morgan fingerprint density at radius 1 is 1.25 bits per heavy atom. The van der Waals surface area contributed by atoms with Gasteiger partial charge in [-0.2, -0.15) is 4.39 Å². The van der Waals surface area contributed by atoms with Gasteiger partial charge in [-0.25, -0.2) is 0 Å². The zero-order valence-electron chi connectivity index (χ0n) is 9.98. The Morgan fingerprint density at radius 2 is 2.00 bits per heavy atom. The van der Waals surface area contributed by atoms with Gasteiger partial charge in [0.05, 0.1) is 9.95 Å². The van der Waals surface area contributed by atoms with Gasteiger partial charge in [0.25, 0.3) is 0 Å². The standard InChI is InChI=1S/C13H8Cl2FNO3/c14-9-4-5-12(10(15)6-9)20-7-8-2-1-3-11(13(8)16)17(18)19/h1-6H,7H2. The molecule has 2 aromatic carbocycles. The number of halogens is 3. The minimum atomic E-state index is -0.914. The van der Waals surface area contributed by atoms with E-state index < -0.39 is 16.4 Å². The van der Waals surface area contributed by atoms with E-state index in [9.17, 15) is 14.5 Å². The maximum atomic E-state index is 13.8. The Hall–Kier alpha value is -1.85. The highest BCUT2D eigenvalue weighted by atomic mass is 35.5. The van der Waals surface area contributed by atoms with Crippen LogP contribution in [0.25, 0.3) is 0 Å². The van der Waals surface area contributed by atoms with Crippen LogP contribution in [0.3, 0.4) is 0 Å². The first-order valence-electron chi connectivity index (χ1n) is 5.48. The molecule has 0 atom stereocenters. The van der Waals surface area contributed by atoms with E-state index in [-0.39, 0.29) is 17.2 Å². The molecule has 0 aromatic heterocycles. The molecule has 0 aliphatic rings. The van der Waals surface area contributed by atoms with Crippen molar-refractivity contribution < 1.29 is 14.1 Å². The highest BCUT2D eigenvalue weighted by Gasteiger charge is 2.17. The van der Waals surface area contributed by atoms with Crippen LogP contribution in [0.5, 0.6) is 5.75 Å². The van der Waals surface area contributed by atoms with Gasteiger partial charge in [-0.3, -0.25) is 10.1 Å². The Labute approximate surface area is 123 Å². The molecular formula is C13H8Cl2FNO3. The van der Waals surface area contributed by atoms with Crippen molar-refractivity contribution in [2.45, 2.75) is 6.61 Å². The van der Waals surface area contributed by atoms with Crippen LogP contribution in [0.15, 0.2) is 36.4 Å².